The van der Waals surface area contributed by atoms with Crippen LogP contribution in [0, 0.1) is 0 Å². The molecule has 5 nitrogen and oxygen atoms in total. The summed E-state index contributed by atoms with van der Waals surface area (Å²) in [5.41, 5.74) is 2.24. The van der Waals surface area contributed by atoms with E-state index in [9.17, 15) is 9.59 Å². The lowest BCUT2D eigenvalue weighted by molar-refractivity contribution is 0.736. The number of aromatic amines is 1. The molecule has 0 aliphatic rings. The molecule has 1 aromatic carbocycles. The van der Waals surface area contributed by atoms with Gasteiger partial charge >= 0.3 is 0 Å². The molecule has 0 saturated carbocycles. The molecule has 5 heteroatoms. The average molecular weight is 279 g/mol. The Hall–Kier alpha value is -2.95. The fourth-order valence-corrected chi connectivity index (χ4v) is 2.13. The van der Waals surface area contributed by atoms with E-state index < -0.39 is 0 Å². The van der Waals surface area contributed by atoms with Crippen LogP contribution < -0.4 is 11.1 Å². The van der Waals surface area contributed by atoms with E-state index in [1.807, 2.05) is 24.3 Å². The molecule has 21 heavy (non-hydrogen) atoms. The van der Waals surface area contributed by atoms with Gasteiger partial charge in [0.2, 0.25) is 0 Å². The maximum Gasteiger partial charge on any atom is 0.255 e. The van der Waals surface area contributed by atoms with E-state index in [1.54, 1.807) is 18.3 Å². The molecule has 0 unspecified atom stereocenters. The molecular formula is C16H13N3O2. The quantitative estimate of drug-likeness (QED) is 0.792. The van der Waals surface area contributed by atoms with Crippen molar-refractivity contribution in [3.8, 4) is 11.1 Å². The van der Waals surface area contributed by atoms with E-state index in [0.717, 1.165) is 11.1 Å². The molecule has 104 valence electrons. The van der Waals surface area contributed by atoms with Crippen molar-refractivity contribution < 1.29 is 0 Å². The molecular weight excluding hydrogens is 266 g/mol. The van der Waals surface area contributed by atoms with Crippen LogP contribution in [0.3, 0.4) is 0 Å². The van der Waals surface area contributed by atoms with Gasteiger partial charge in [0.15, 0.2) is 0 Å². The minimum atomic E-state index is -0.117. The van der Waals surface area contributed by atoms with Crippen LogP contribution in [-0.4, -0.2) is 14.5 Å². The summed E-state index contributed by atoms with van der Waals surface area (Å²) in [6, 6.07) is 12.6. The Labute approximate surface area is 120 Å². The van der Waals surface area contributed by atoms with E-state index in [-0.39, 0.29) is 11.1 Å². The molecule has 0 bridgehead atoms. The minimum Gasteiger partial charge on any atom is -0.329 e. The number of H-pyrrole nitrogens is 1. The van der Waals surface area contributed by atoms with Gasteiger partial charge in [0, 0.05) is 24.0 Å². The number of rotatable bonds is 3. The van der Waals surface area contributed by atoms with E-state index in [2.05, 4.69) is 9.97 Å². The summed E-state index contributed by atoms with van der Waals surface area (Å²) in [5, 5.41) is 0. The lowest BCUT2D eigenvalue weighted by atomic mass is 10.1. The van der Waals surface area contributed by atoms with Crippen LogP contribution in [0.5, 0.6) is 0 Å². The van der Waals surface area contributed by atoms with Gasteiger partial charge in [-0.05, 0) is 23.3 Å². The number of nitrogens with one attached hydrogen (secondary N) is 1. The van der Waals surface area contributed by atoms with E-state index in [0.29, 0.717) is 12.1 Å². The molecule has 0 radical (unpaired) electrons. The molecule has 0 aliphatic carbocycles. The van der Waals surface area contributed by atoms with Gasteiger partial charge < -0.3 is 4.98 Å². The standard InChI is InChI=1S/C16H13N3O2/c20-15-7-9-17-11-19(15)10-12-3-5-13(6-4-12)14-2-1-8-18-16(14)21/h1-9,11H,10H2,(H,18,21). The predicted molar refractivity (Wildman–Crippen MR) is 80.1 cm³/mol. The number of aromatic nitrogens is 3. The fraction of sp³-hybridized carbons (Fsp3) is 0.0625. The SMILES string of the molecule is O=c1[nH]cccc1-c1ccc(Cn2cnccc2=O)cc1. The van der Waals surface area contributed by atoms with Crippen molar-refractivity contribution in [3.05, 3.63) is 87.5 Å². The minimum absolute atomic E-state index is 0.0893. The highest BCUT2D eigenvalue weighted by Crippen LogP contribution is 2.15. The summed E-state index contributed by atoms with van der Waals surface area (Å²) >= 11 is 0. The normalized spacial score (nSPS) is 10.5. The van der Waals surface area contributed by atoms with Crippen LogP contribution in [0.2, 0.25) is 0 Å². The van der Waals surface area contributed by atoms with Crippen LogP contribution in [0.15, 0.2) is 70.8 Å². The predicted octanol–water partition coefficient (Wildman–Crippen LogP) is 1.65. The zero-order valence-corrected chi connectivity index (χ0v) is 11.2. The summed E-state index contributed by atoms with van der Waals surface area (Å²) in [4.78, 5) is 30.0. The largest absolute Gasteiger partial charge is 0.329 e. The van der Waals surface area contributed by atoms with E-state index in [4.69, 9.17) is 0 Å². The van der Waals surface area contributed by atoms with Crippen LogP contribution in [-0.2, 0) is 6.54 Å². The second kappa shape index (κ2) is 5.58. The van der Waals surface area contributed by atoms with Gasteiger partial charge in [-0.3, -0.25) is 14.2 Å². The van der Waals surface area contributed by atoms with E-state index in [1.165, 1.54) is 23.2 Å². The Bertz CT molecular complexity index is 863. The van der Waals surface area contributed by atoms with Crippen LogP contribution in [0.1, 0.15) is 5.56 Å². The molecule has 0 amide bonds. The summed E-state index contributed by atoms with van der Waals surface area (Å²) < 4.78 is 1.53. The molecule has 0 spiro atoms. The first-order chi connectivity index (χ1) is 10.2. The zero-order chi connectivity index (χ0) is 14.7. The highest BCUT2D eigenvalue weighted by molar-refractivity contribution is 5.62. The van der Waals surface area contributed by atoms with Crippen LogP contribution in [0.4, 0.5) is 0 Å². The van der Waals surface area contributed by atoms with Gasteiger partial charge in [0.25, 0.3) is 11.1 Å². The molecule has 2 aromatic heterocycles. The maximum atomic E-state index is 11.7. The second-order valence-corrected chi connectivity index (χ2v) is 4.66. The third-order valence-electron chi connectivity index (χ3n) is 3.23. The van der Waals surface area contributed by atoms with Gasteiger partial charge in [-0.25, -0.2) is 4.98 Å². The lowest BCUT2D eigenvalue weighted by Gasteiger charge is -2.06. The van der Waals surface area contributed by atoms with Crippen LogP contribution >= 0.6 is 0 Å². The molecule has 2 heterocycles. The Morgan fingerprint density at radius 1 is 1.05 bits per heavy atom. The number of hydrogen-bond acceptors (Lipinski definition) is 3. The van der Waals surface area contributed by atoms with Crippen molar-refractivity contribution in [2.45, 2.75) is 6.54 Å². The Kier molecular flexibility index (Phi) is 3.47. The molecule has 0 saturated heterocycles. The number of pyridine rings is 1. The Morgan fingerprint density at radius 3 is 2.57 bits per heavy atom. The smallest absolute Gasteiger partial charge is 0.255 e. The third kappa shape index (κ3) is 2.81. The third-order valence-corrected chi connectivity index (χ3v) is 3.23. The maximum absolute atomic E-state index is 11.7. The van der Waals surface area contributed by atoms with Crippen molar-refractivity contribution in [2.75, 3.05) is 0 Å². The first kappa shape index (κ1) is 13.1. The van der Waals surface area contributed by atoms with Crippen molar-refractivity contribution in [1.29, 1.82) is 0 Å². The topological polar surface area (TPSA) is 67.8 Å². The van der Waals surface area contributed by atoms with Crippen molar-refractivity contribution in [2.24, 2.45) is 0 Å². The average Bonchev–Trinajstić information content (AvgIpc) is 2.51. The van der Waals surface area contributed by atoms with Gasteiger partial charge in [0.1, 0.15) is 0 Å². The first-order valence-electron chi connectivity index (χ1n) is 6.51. The van der Waals surface area contributed by atoms with Crippen molar-refractivity contribution >= 4 is 0 Å². The zero-order valence-electron chi connectivity index (χ0n) is 11.2. The summed E-state index contributed by atoms with van der Waals surface area (Å²) in [5.74, 6) is 0. The monoisotopic (exact) mass is 279 g/mol. The van der Waals surface area contributed by atoms with Crippen molar-refractivity contribution in [1.82, 2.24) is 14.5 Å². The highest BCUT2D eigenvalue weighted by atomic mass is 16.1. The van der Waals surface area contributed by atoms with Gasteiger partial charge in [0.05, 0.1) is 12.9 Å². The van der Waals surface area contributed by atoms with Crippen LogP contribution in [0.25, 0.3) is 11.1 Å². The molecule has 0 aliphatic heterocycles. The fourth-order valence-electron chi connectivity index (χ4n) is 2.13. The Balaban J connectivity index is 1.89. The lowest BCUT2D eigenvalue weighted by Crippen LogP contribution is -2.19. The molecule has 0 fully saturated rings. The van der Waals surface area contributed by atoms with Crippen molar-refractivity contribution in [3.63, 3.8) is 0 Å². The molecule has 3 aromatic rings. The van der Waals surface area contributed by atoms with E-state index >= 15 is 0 Å². The van der Waals surface area contributed by atoms with Gasteiger partial charge in [-0.2, -0.15) is 0 Å². The first-order valence-corrected chi connectivity index (χ1v) is 6.51. The number of nitrogens with zero attached hydrogens (tertiary/aromatic N) is 2. The summed E-state index contributed by atoms with van der Waals surface area (Å²) in [7, 11) is 0. The molecule has 0 atom stereocenters. The second-order valence-electron chi connectivity index (χ2n) is 4.66. The molecule has 1 N–H and O–H groups in total. The molecule has 3 rings (SSSR count). The summed E-state index contributed by atoms with van der Waals surface area (Å²) in [6.07, 6.45) is 4.59. The highest BCUT2D eigenvalue weighted by Gasteiger charge is 2.03. The number of hydrogen-bond donors (Lipinski definition) is 1. The van der Waals surface area contributed by atoms with Gasteiger partial charge in [-0.15, -0.1) is 0 Å². The number of benzene rings is 1. The Morgan fingerprint density at radius 2 is 1.86 bits per heavy atom. The van der Waals surface area contributed by atoms with Gasteiger partial charge in [-0.1, -0.05) is 24.3 Å². The summed E-state index contributed by atoms with van der Waals surface area (Å²) in [6.45, 7) is 0.456.